The van der Waals surface area contributed by atoms with E-state index in [4.69, 9.17) is 14.4 Å². The topological polar surface area (TPSA) is 222 Å². The largest absolute Gasteiger partial charge is 0.506 e. The van der Waals surface area contributed by atoms with Crippen molar-refractivity contribution in [2.75, 3.05) is 5.43 Å². The SMILES string of the molecule is N#C/C(N=Nc1cc(S(=O)(=O)O)ccc1O)=N\Nc1cc(S(=O)(=O)O)ccc1O. The Balaban J connectivity index is 2.32. The van der Waals surface area contributed by atoms with E-state index >= 15 is 0 Å². The van der Waals surface area contributed by atoms with E-state index in [0.717, 1.165) is 36.4 Å². The highest BCUT2D eigenvalue weighted by atomic mass is 32.2. The van der Waals surface area contributed by atoms with Crippen molar-refractivity contribution in [2.24, 2.45) is 15.3 Å². The third-order valence-electron chi connectivity index (χ3n) is 3.15. The Labute approximate surface area is 163 Å². The summed E-state index contributed by atoms with van der Waals surface area (Å²) in [4.78, 5) is -1.13. The first kappa shape index (κ1) is 21.7. The molecule has 15 heteroatoms. The van der Waals surface area contributed by atoms with Crippen LogP contribution < -0.4 is 5.43 Å². The third kappa shape index (κ3) is 5.70. The van der Waals surface area contributed by atoms with Crippen molar-refractivity contribution in [1.29, 1.82) is 5.26 Å². The van der Waals surface area contributed by atoms with Crippen LogP contribution in [0.2, 0.25) is 0 Å². The maximum atomic E-state index is 11.1. The zero-order valence-electron chi connectivity index (χ0n) is 14.0. The number of phenolic OH excluding ortho intramolecular Hbond substituents is 2. The Bertz CT molecular complexity index is 1260. The summed E-state index contributed by atoms with van der Waals surface area (Å²) in [5.74, 6) is -1.64. The second kappa shape index (κ2) is 8.20. The van der Waals surface area contributed by atoms with Gasteiger partial charge in [0.05, 0.1) is 15.5 Å². The van der Waals surface area contributed by atoms with Crippen LogP contribution in [-0.4, -0.2) is 42.0 Å². The molecule has 2 aromatic rings. The van der Waals surface area contributed by atoms with Crippen molar-refractivity contribution >= 4 is 37.4 Å². The molecule has 29 heavy (non-hydrogen) atoms. The van der Waals surface area contributed by atoms with Crippen molar-refractivity contribution in [3.63, 3.8) is 0 Å². The van der Waals surface area contributed by atoms with Gasteiger partial charge in [-0.05, 0) is 36.4 Å². The molecule has 5 N–H and O–H groups in total. The highest BCUT2D eigenvalue weighted by Gasteiger charge is 2.14. The van der Waals surface area contributed by atoms with Crippen molar-refractivity contribution < 1.29 is 36.2 Å². The maximum absolute atomic E-state index is 11.1. The van der Waals surface area contributed by atoms with E-state index in [2.05, 4.69) is 20.8 Å². The first-order valence-electron chi connectivity index (χ1n) is 7.18. The quantitative estimate of drug-likeness (QED) is 0.113. The molecular formula is C14H11N5O8S2. The molecule has 152 valence electrons. The van der Waals surface area contributed by atoms with Crippen LogP contribution in [0.1, 0.15) is 0 Å². The summed E-state index contributed by atoms with van der Waals surface area (Å²) < 4.78 is 62.5. The number of hydrogen-bond acceptors (Lipinski definition) is 10. The zero-order chi connectivity index (χ0) is 21.8. The molecule has 0 atom stereocenters. The first-order valence-corrected chi connectivity index (χ1v) is 10.1. The summed E-state index contributed by atoms with van der Waals surface area (Å²) in [5.41, 5.74) is 1.45. The summed E-state index contributed by atoms with van der Waals surface area (Å²) >= 11 is 0. The van der Waals surface area contributed by atoms with Crippen molar-refractivity contribution in [3.8, 4) is 17.6 Å². The Morgan fingerprint density at radius 3 is 2.03 bits per heavy atom. The van der Waals surface area contributed by atoms with Crippen molar-refractivity contribution in [1.82, 2.24) is 0 Å². The first-order chi connectivity index (χ1) is 13.4. The minimum atomic E-state index is -4.57. The molecule has 2 aromatic carbocycles. The van der Waals surface area contributed by atoms with E-state index in [1.165, 1.54) is 6.07 Å². The summed E-state index contributed by atoms with van der Waals surface area (Å²) in [6, 6.07) is 6.84. The fraction of sp³-hybridized carbons (Fsp3) is 0. The van der Waals surface area contributed by atoms with Crippen LogP contribution in [0, 0.1) is 11.3 Å². The lowest BCUT2D eigenvalue weighted by Gasteiger charge is -2.05. The fourth-order valence-electron chi connectivity index (χ4n) is 1.79. The summed E-state index contributed by atoms with van der Waals surface area (Å²) in [6.45, 7) is 0. The van der Waals surface area contributed by atoms with Gasteiger partial charge in [-0.2, -0.15) is 22.1 Å². The molecule has 0 aliphatic heterocycles. The summed E-state index contributed by atoms with van der Waals surface area (Å²) in [5, 5.41) is 38.7. The Kier molecular flexibility index (Phi) is 6.14. The van der Waals surface area contributed by atoms with Gasteiger partial charge in [0, 0.05) is 0 Å². The lowest BCUT2D eigenvalue weighted by molar-refractivity contribution is 0.472. The number of amidine groups is 1. The van der Waals surface area contributed by atoms with Gasteiger partial charge in [-0.25, -0.2) is 0 Å². The molecule has 0 amide bonds. The second-order valence-corrected chi connectivity index (χ2v) is 7.98. The molecule has 0 radical (unpaired) electrons. The molecule has 2 rings (SSSR count). The molecule has 0 unspecified atom stereocenters. The minimum absolute atomic E-state index is 0.292. The van der Waals surface area contributed by atoms with Gasteiger partial charge >= 0.3 is 0 Å². The smallest absolute Gasteiger partial charge is 0.294 e. The molecule has 0 aliphatic rings. The fourth-order valence-corrected chi connectivity index (χ4v) is 2.80. The van der Waals surface area contributed by atoms with Crippen molar-refractivity contribution in [3.05, 3.63) is 36.4 Å². The van der Waals surface area contributed by atoms with Crippen LogP contribution in [0.15, 0.2) is 61.5 Å². The van der Waals surface area contributed by atoms with Crippen LogP contribution in [0.25, 0.3) is 0 Å². The molecule has 0 aliphatic carbocycles. The number of aromatic hydroxyl groups is 2. The van der Waals surface area contributed by atoms with Crippen LogP contribution in [0.3, 0.4) is 0 Å². The molecule has 0 bridgehead atoms. The third-order valence-corrected chi connectivity index (χ3v) is 4.84. The Morgan fingerprint density at radius 1 is 0.931 bits per heavy atom. The van der Waals surface area contributed by atoms with Gasteiger partial charge in [0.2, 0.25) is 0 Å². The molecule has 0 heterocycles. The highest BCUT2D eigenvalue weighted by Crippen LogP contribution is 2.29. The van der Waals surface area contributed by atoms with E-state index in [-0.39, 0.29) is 5.69 Å². The lowest BCUT2D eigenvalue weighted by Crippen LogP contribution is -2.01. The number of nitrogens with zero attached hydrogens (tertiary/aromatic N) is 4. The lowest BCUT2D eigenvalue weighted by atomic mass is 10.3. The predicted molar refractivity (Wildman–Crippen MR) is 97.0 cm³/mol. The predicted octanol–water partition coefficient (Wildman–Crippen LogP) is 1.62. The van der Waals surface area contributed by atoms with Crippen LogP contribution in [-0.2, 0) is 20.2 Å². The van der Waals surface area contributed by atoms with Gasteiger partial charge in [-0.3, -0.25) is 14.5 Å². The van der Waals surface area contributed by atoms with E-state index in [1.807, 2.05) is 0 Å². The number of rotatable bonds is 5. The molecule has 0 saturated heterocycles. The summed E-state index contributed by atoms with van der Waals surface area (Å²) in [6.07, 6.45) is 0. The van der Waals surface area contributed by atoms with Gasteiger partial charge in [-0.15, -0.1) is 15.3 Å². The Hall–Kier alpha value is -3.58. The van der Waals surface area contributed by atoms with Gasteiger partial charge in [0.1, 0.15) is 23.3 Å². The minimum Gasteiger partial charge on any atom is -0.506 e. The van der Waals surface area contributed by atoms with E-state index < -0.39 is 53.0 Å². The number of nitrogens with one attached hydrogen (secondary N) is 1. The van der Waals surface area contributed by atoms with Gasteiger partial charge < -0.3 is 10.2 Å². The van der Waals surface area contributed by atoms with Crippen LogP contribution in [0.4, 0.5) is 11.4 Å². The molecule has 0 saturated carbocycles. The number of benzene rings is 2. The second-order valence-electron chi connectivity index (χ2n) is 5.14. The van der Waals surface area contributed by atoms with Gasteiger partial charge in [0.15, 0.2) is 0 Å². The Morgan fingerprint density at radius 2 is 1.48 bits per heavy atom. The average molecular weight is 441 g/mol. The number of anilines is 1. The number of hydrogen-bond donors (Lipinski definition) is 5. The number of phenols is 2. The number of nitriles is 1. The van der Waals surface area contributed by atoms with Crippen LogP contribution >= 0.6 is 0 Å². The number of azo groups is 1. The van der Waals surface area contributed by atoms with E-state index in [0.29, 0.717) is 0 Å². The molecular weight excluding hydrogens is 430 g/mol. The molecule has 0 spiro atoms. The van der Waals surface area contributed by atoms with Gasteiger partial charge in [0.25, 0.3) is 26.1 Å². The van der Waals surface area contributed by atoms with Gasteiger partial charge in [-0.1, -0.05) is 0 Å². The average Bonchev–Trinajstić information content (AvgIpc) is 2.62. The maximum Gasteiger partial charge on any atom is 0.294 e. The monoisotopic (exact) mass is 441 g/mol. The molecule has 13 nitrogen and oxygen atoms in total. The molecule has 0 aromatic heterocycles. The standard InChI is InChI=1S/C14H11N5O8S2/c15-7-14(18-16-10-5-8(28(22,23)24)1-3-12(10)20)19-17-11-6-9(29(25,26)27)2-4-13(11)21/h1-6,16,20-21H,(H,22,23,24)(H,25,26,27)/b18-14+,19-17?. The number of hydrazone groups is 1. The molecule has 0 fully saturated rings. The van der Waals surface area contributed by atoms with E-state index in [1.54, 1.807) is 0 Å². The highest BCUT2D eigenvalue weighted by molar-refractivity contribution is 7.86. The van der Waals surface area contributed by atoms with Crippen molar-refractivity contribution in [2.45, 2.75) is 9.79 Å². The van der Waals surface area contributed by atoms with Crippen LogP contribution in [0.5, 0.6) is 11.5 Å². The summed E-state index contributed by atoms with van der Waals surface area (Å²) in [7, 11) is -9.13. The van der Waals surface area contributed by atoms with E-state index in [9.17, 15) is 27.0 Å². The zero-order valence-corrected chi connectivity index (χ0v) is 15.6. The normalized spacial score (nSPS) is 12.7.